The van der Waals surface area contributed by atoms with Crippen molar-refractivity contribution >= 4 is 34.9 Å². The molecule has 2 aromatic rings. The van der Waals surface area contributed by atoms with Gasteiger partial charge >= 0.3 is 5.97 Å². The van der Waals surface area contributed by atoms with E-state index in [2.05, 4.69) is 15.4 Å². The summed E-state index contributed by atoms with van der Waals surface area (Å²) >= 11 is 6.08. The zero-order chi connectivity index (χ0) is 17.7. The summed E-state index contributed by atoms with van der Waals surface area (Å²) in [5, 5.41) is 6.19. The van der Waals surface area contributed by atoms with Gasteiger partial charge in [-0.15, -0.1) is 0 Å². The van der Waals surface area contributed by atoms with E-state index in [4.69, 9.17) is 11.6 Å². The molecule has 0 radical (unpaired) electrons. The Morgan fingerprint density at radius 3 is 2.50 bits per heavy atom. The summed E-state index contributed by atoms with van der Waals surface area (Å²) in [6, 6.07) is 10.5. The SMILES string of the molecule is COC(=O)c1ccc(Cl)c(NCC(=O)Nc2ccc(C)cc2C)c1. The van der Waals surface area contributed by atoms with Crippen molar-refractivity contribution in [2.75, 3.05) is 24.3 Å². The minimum absolute atomic E-state index is 0.0255. The maximum Gasteiger partial charge on any atom is 0.337 e. The van der Waals surface area contributed by atoms with Crippen molar-refractivity contribution in [1.82, 2.24) is 0 Å². The van der Waals surface area contributed by atoms with E-state index in [0.717, 1.165) is 16.8 Å². The summed E-state index contributed by atoms with van der Waals surface area (Å²) in [5.41, 5.74) is 3.75. The molecule has 2 rings (SSSR count). The first kappa shape index (κ1) is 17.8. The molecule has 0 spiro atoms. The molecule has 0 aliphatic rings. The number of rotatable bonds is 5. The van der Waals surface area contributed by atoms with Crippen molar-refractivity contribution in [3.8, 4) is 0 Å². The van der Waals surface area contributed by atoms with Gasteiger partial charge in [0.2, 0.25) is 5.91 Å². The molecule has 126 valence electrons. The summed E-state index contributed by atoms with van der Waals surface area (Å²) in [4.78, 5) is 23.6. The van der Waals surface area contributed by atoms with Crippen LogP contribution in [0, 0.1) is 13.8 Å². The molecule has 2 N–H and O–H groups in total. The quantitative estimate of drug-likeness (QED) is 0.808. The highest BCUT2D eigenvalue weighted by Crippen LogP contribution is 2.23. The fourth-order valence-corrected chi connectivity index (χ4v) is 2.41. The lowest BCUT2D eigenvalue weighted by Crippen LogP contribution is -2.22. The number of ether oxygens (including phenoxy) is 1. The number of nitrogens with one attached hydrogen (secondary N) is 2. The van der Waals surface area contributed by atoms with Gasteiger partial charge in [-0.25, -0.2) is 4.79 Å². The van der Waals surface area contributed by atoms with Crippen LogP contribution >= 0.6 is 11.6 Å². The number of amides is 1. The molecule has 5 nitrogen and oxygen atoms in total. The second-order valence-corrected chi connectivity index (χ2v) is 5.81. The molecule has 0 atom stereocenters. The van der Waals surface area contributed by atoms with Crippen LogP contribution in [0.3, 0.4) is 0 Å². The monoisotopic (exact) mass is 346 g/mol. The van der Waals surface area contributed by atoms with Crippen LogP contribution in [0.15, 0.2) is 36.4 Å². The number of anilines is 2. The van der Waals surface area contributed by atoms with E-state index in [-0.39, 0.29) is 12.5 Å². The molecule has 0 saturated heterocycles. The molecular formula is C18H19ClN2O3. The van der Waals surface area contributed by atoms with Crippen LogP contribution < -0.4 is 10.6 Å². The van der Waals surface area contributed by atoms with E-state index in [9.17, 15) is 9.59 Å². The molecule has 0 aliphatic carbocycles. The van der Waals surface area contributed by atoms with Crippen LogP contribution in [0.1, 0.15) is 21.5 Å². The van der Waals surface area contributed by atoms with Gasteiger partial charge in [-0.05, 0) is 43.7 Å². The molecule has 0 fully saturated rings. The fourth-order valence-electron chi connectivity index (χ4n) is 2.23. The lowest BCUT2D eigenvalue weighted by Gasteiger charge is -2.12. The average molecular weight is 347 g/mol. The van der Waals surface area contributed by atoms with Crippen molar-refractivity contribution in [3.63, 3.8) is 0 Å². The van der Waals surface area contributed by atoms with Gasteiger partial charge in [0.05, 0.1) is 29.9 Å². The van der Waals surface area contributed by atoms with Crippen molar-refractivity contribution in [2.45, 2.75) is 13.8 Å². The minimum atomic E-state index is -0.463. The van der Waals surface area contributed by atoms with Crippen LogP contribution in [0.5, 0.6) is 0 Å². The van der Waals surface area contributed by atoms with Gasteiger partial charge in [0.1, 0.15) is 0 Å². The van der Waals surface area contributed by atoms with Crippen LogP contribution in [0.4, 0.5) is 11.4 Å². The van der Waals surface area contributed by atoms with Gasteiger partial charge in [-0.3, -0.25) is 4.79 Å². The molecule has 24 heavy (non-hydrogen) atoms. The largest absolute Gasteiger partial charge is 0.465 e. The number of hydrogen-bond acceptors (Lipinski definition) is 4. The van der Waals surface area contributed by atoms with Crippen molar-refractivity contribution in [1.29, 1.82) is 0 Å². The number of aryl methyl sites for hydroxylation is 2. The topological polar surface area (TPSA) is 67.4 Å². The zero-order valence-corrected chi connectivity index (χ0v) is 14.5. The second-order valence-electron chi connectivity index (χ2n) is 5.41. The summed E-state index contributed by atoms with van der Waals surface area (Å²) in [7, 11) is 1.31. The van der Waals surface area contributed by atoms with E-state index < -0.39 is 5.97 Å². The average Bonchev–Trinajstić information content (AvgIpc) is 2.56. The summed E-state index contributed by atoms with van der Waals surface area (Å²) in [5.74, 6) is -0.670. The Balaban J connectivity index is 2.02. The Bertz CT molecular complexity index is 775. The van der Waals surface area contributed by atoms with Crippen molar-refractivity contribution in [2.24, 2.45) is 0 Å². The predicted molar refractivity (Wildman–Crippen MR) is 95.8 cm³/mol. The van der Waals surface area contributed by atoms with E-state index in [1.807, 2.05) is 32.0 Å². The third kappa shape index (κ3) is 4.49. The molecule has 0 aromatic heterocycles. The van der Waals surface area contributed by atoms with Gasteiger partial charge in [-0.1, -0.05) is 29.3 Å². The van der Waals surface area contributed by atoms with Gasteiger partial charge in [0.15, 0.2) is 0 Å². The maximum atomic E-state index is 12.1. The number of methoxy groups -OCH3 is 1. The Kier molecular flexibility index (Phi) is 5.82. The standard InChI is InChI=1S/C18H19ClN2O3/c1-11-4-7-15(12(2)8-11)21-17(22)10-20-16-9-13(18(23)24-3)5-6-14(16)19/h4-9,20H,10H2,1-3H3,(H,21,22). The van der Waals surface area contributed by atoms with Crippen LogP contribution in [0.2, 0.25) is 5.02 Å². The molecule has 0 saturated carbocycles. The Hall–Kier alpha value is -2.53. The summed E-state index contributed by atoms with van der Waals surface area (Å²) in [6.07, 6.45) is 0. The van der Waals surface area contributed by atoms with Gasteiger partial charge in [-0.2, -0.15) is 0 Å². The second kappa shape index (κ2) is 7.84. The number of carbonyl (C=O) groups excluding carboxylic acids is 2. The lowest BCUT2D eigenvalue weighted by molar-refractivity contribution is -0.114. The van der Waals surface area contributed by atoms with E-state index >= 15 is 0 Å². The highest BCUT2D eigenvalue weighted by atomic mass is 35.5. The summed E-state index contributed by atoms with van der Waals surface area (Å²) in [6.45, 7) is 3.96. The van der Waals surface area contributed by atoms with E-state index in [0.29, 0.717) is 16.3 Å². The zero-order valence-electron chi connectivity index (χ0n) is 13.8. The third-order valence-corrected chi connectivity index (χ3v) is 3.81. The van der Waals surface area contributed by atoms with Crippen LogP contribution in [0.25, 0.3) is 0 Å². The van der Waals surface area contributed by atoms with Gasteiger partial charge < -0.3 is 15.4 Å². The molecule has 0 unspecified atom stereocenters. The molecule has 1 amide bonds. The highest BCUT2D eigenvalue weighted by molar-refractivity contribution is 6.33. The number of esters is 1. The molecule has 6 heteroatoms. The van der Waals surface area contributed by atoms with Crippen LogP contribution in [-0.2, 0) is 9.53 Å². The van der Waals surface area contributed by atoms with Crippen molar-refractivity contribution in [3.05, 3.63) is 58.1 Å². The molecule has 0 heterocycles. The highest BCUT2D eigenvalue weighted by Gasteiger charge is 2.10. The van der Waals surface area contributed by atoms with E-state index in [1.54, 1.807) is 18.2 Å². The molecule has 0 aliphatic heterocycles. The normalized spacial score (nSPS) is 10.2. The first-order valence-electron chi connectivity index (χ1n) is 7.39. The molecule has 2 aromatic carbocycles. The number of halogens is 1. The lowest BCUT2D eigenvalue weighted by atomic mass is 10.1. The number of carbonyl (C=O) groups is 2. The van der Waals surface area contributed by atoms with Crippen molar-refractivity contribution < 1.29 is 14.3 Å². The third-order valence-electron chi connectivity index (χ3n) is 3.48. The van der Waals surface area contributed by atoms with Gasteiger partial charge in [0, 0.05) is 5.69 Å². The molecular weight excluding hydrogens is 328 g/mol. The van der Waals surface area contributed by atoms with Crippen LogP contribution in [-0.4, -0.2) is 25.5 Å². The first-order chi connectivity index (χ1) is 11.4. The first-order valence-corrected chi connectivity index (χ1v) is 7.77. The fraction of sp³-hybridized carbons (Fsp3) is 0.222. The maximum absolute atomic E-state index is 12.1. The Labute approximate surface area is 146 Å². The minimum Gasteiger partial charge on any atom is -0.465 e. The predicted octanol–water partition coefficient (Wildman–Crippen LogP) is 3.79. The van der Waals surface area contributed by atoms with Gasteiger partial charge in [0.25, 0.3) is 0 Å². The molecule has 0 bridgehead atoms. The smallest absolute Gasteiger partial charge is 0.337 e. The summed E-state index contributed by atoms with van der Waals surface area (Å²) < 4.78 is 4.67. The number of hydrogen-bond donors (Lipinski definition) is 2. The van der Waals surface area contributed by atoms with E-state index in [1.165, 1.54) is 7.11 Å². The number of benzene rings is 2. The Morgan fingerprint density at radius 1 is 1.08 bits per heavy atom. The Morgan fingerprint density at radius 2 is 1.83 bits per heavy atom.